The standard InChI is InChI=1S/C15H19N3O2.C8H16N2O2/c1-15(2,16)14(20)18-11(9-19)7-10-8-17-13-6-4-3-5-12(10)13;11-6-5-10-8(12)7-3-1-2-4-9-7/h3-6,8-9,11,17H,7,16H2,1-2H3,(H,18,20);7,9,11H,1-6H2,(H,10,12). The molecule has 2 aromatic rings. The van der Waals surface area contributed by atoms with Crippen molar-refractivity contribution < 1.29 is 19.5 Å². The number of aldehydes is 1. The third kappa shape index (κ3) is 7.74. The van der Waals surface area contributed by atoms with E-state index in [1.807, 2.05) is 30.5 Å². The number of carbonyl (C=O) groups is 3. The van der Waals surface area contributed by atoms with Gasteiger partial charge >= 0.3 is 0 Å². The number of aliphatic hydroxyl groups is 1. The maximum atomic E-state index is 11.8. The summed E-state index contributed by atoms with van der Waals surface area (Å²) in [5.41, 5.74) is 6.72. The molecular weight excluding hydrogens is 410 g/mol. The molecule has 9 nitrogen and oxygen atoms in total. The quantitative estimate of drug-likeness (QED) is 0.323. The van der Waals surface area contributed by atoms with Gasteiger partial charge in [0.05, 0.1) is 24.2 Å². The van der Waals surface area contributed by atoms with Gasteiger partial charge in [0.25, 0.3) is 0 Å². The van der Waals surface area contributed by atoms with Gasteiger partial charge in [-0.3, -0.25) is 9.59 Å². The van der Waals surface area contributed by atoms with E-state index in [9.17, 15) is 14.4 Å². The number of benzene rings is 1. The predicted octanol–water partition coefficient (Wildman–Crippen LogP) is 0.368. The normalized spacial score (nSPS) is 17.1. The minimum atomic E-state index is -0.999. The van der Waals surface area contributed by atoms with Crippen LogP contribution in [0.4, 0.5) is 0 Å². The van der Waals surface area contributed by atoms with Crippen LogP contribution in [0.15, 0.2) is 30.5 Å². The highest BCUT2D eigenvalue weighted by atomic mass is 16.3. The molecule has 0 aliphatic carbocycles. The lowest BCUT2D eigenvalue weighted by molar-refractivity contribution is -0.127. The van der Waals surface area contributed by atoms with E-state index in [1.165, 1.54) is 0 Å². The van der Waals surface area contributed by atoms with Gasteiger partial charge in [-0.15, -0.1) is 0 Å². The average molecular weight is 446 g/mol. The number of aromatic nitrogens is 1. The molecule has 1 fully saturated rings. The number of rotatable bonds is 8. The van der Waals surface area contributed by atoms with Crippen LogP contribution in [0.1, 0.15) is 38.7 Å². The van der Waals surface area contributed by atoms with Gasteiger partial charge in [-0.2, -0.15) is 0 Å². The van der Waals surface area contributed by atoms with Crippen molar-refractivity contribution in [1.82, 2.24) is 20.9 Å². The van der Waals surface area contributed by atoms with Gasteiger partial charge in [-0.1, -0.05) is 24.6 Å². The molecule has 0 saturated carbocycles. The van der Waals surface area contributed by atoms with Crippen molar-refractivity contribution in [2.75, 3.05) is 19.7 Å². The summed E-state index contributed by atoms with van der Waals surface area (Å²) in [4.78, 5) is 37.4. The van der Waals surface area contributed by atoms with Crippen molar-refractivity contribution in [2.24, 2.45) is 5.73 Å². The Morgan fingerprint density at radius 1 is 1.31 bits per heavy atom. The van der Waals surface area contributed by atoms with Crippen molar-refractivity contribution in [1.29, 1.82) is 0 Å². The molecule has 0 spiro atoms. The zero-order chi connectivity index (χ0) is 23.6. The van der Waals surface area contributed by atoms with Gasteiger partial charge in [0.1, 0.15) is 6.29 Å². The van der Waals surface area contributed by atoms with E-state index in [0.29, 0.717) is 13.0 Å². The zero-order valence-electron chi connectivity index (χ0n) is 18.8. The number of carbonyl (C=O) groups excluding carboxylic acids is 3. The summed E-state index contributed by atoms with van der Waals surface area (Å²) in [6.07, 6.45) is 6.23. The minimum absolute atomic E-state index is 0.0124. The van der Waals surface area contributed by atoms with Crippen LogP contribution in [0.2, 0.25) is 0 Å². The molecule has 1 aliphatic heterocycles. The number of fused-ring (bicyclic) bond motifs is 1. The van der Waals surface area contributed by atoms with Crippen molar-refractivity contribution in [2.45, 2.75) is 57.2 Å². The highest BCUT2D eigenvalue weighted by molar-refractivity contribution is 5.88. The van der Waals surface area contributed by atoms with Gasteiger partial charge in [0.2, 0.25) is 11.8 Å². The maximum absolute atomic E-state index is 11.8. The third-order valence-electron chi connectivity index (χ3n) is 5.22. The van der Waals surface area contributed by atoms with Crippen LogP contribution in [-0.2, 0) is 20.8 Å². The van der Waals surface area contributed by atoms with Crippen molar-refractivity contribution in [3.63, 3.8) is 0 Å². The summed E-state index contributed by atoms with van der Waals surface area (Å²) >= 11 is 0. The second kappa shape index (κ2) is 12.3. The van der Waals surface area contributed by atoms with Crippen LogP contribution < -0.4 is 21.7 Å². The lowest BCUT2D eigenvalue weighted by Crippen LogP contribution is -2.53. The average Bonchev–Trinajstić information content (AvgIpc) is 3.20. The summed E-state index contributed by atoms with van der Waals surface area (Å²) in [6.45, 7) is 4.51. The van der Waals surface area contributed by atoms with Gasteiger partial charge in [0.15, 0.2) is 0 Å². The van der Waals surface area contributed by atoms with E-state index in [4.69, 9.17) is 10.8 Å². The molecule has 1 saturated heterocycles. The molecular formula is C23H35N5O4. The number of aliphatic hydroxyl groups excluding tert-OH is 1. The molecule has 32 heavy (non-hydrogen) atoms. The molecule has 2 amide bonds. The van der Waals surface area contributed by atoms with Crippen molar-refractivity contribution in [3.8, 4) is 0 Å². The number of H-pyrrole nitrogens is 1. The summed E-state index contributed by atoms with van der Waals surface area (Å²) < 4.78 is 0. The Kier molecular flexibility index (Phi) is 9.83. The van der Waals surface area contributed by atoms with Gasteiger partial charge in [-0.25, -0.2) is 0 Å². The molecule has 1 aromatic carbocycles. The number of nitrogens with two attached hydrogens (primary N) is 1. The van der Waals surface area contributed by atoms with Crippen molar-refractivity contribution >= 4 is 29.0 Å². The molecule has 2 atom stereocenters. The number of piperidine rings is 1. The molecule has 2 unspecified atom stereocenters. The van der Waals surface area contributed by atoms with E-state index < -0.39 is 11.6 Å². The van der Waals surface area contributed by atoms with E-state index >= 15 is 0 Å². The molecule has 1 aromatic heterocycles. The molecule has 0 radical (unpaired) electrons. The SMILES string of the molecule is CC(C)(N)C(=O)NC(C=O)Cc1c[nH]c2ccccc12.O=C(NCCO)C1CCCCN1. The Morgan fingerprint density at radius 3 is 2.69 bits per heavy atom. The van der Waals surface area contributed by atoms with E-state index in [1.54, 1.807) is 13.8 Å². The minimum Gasteiger partial charge on any atom is -0.395 e. The predicted molar refractivity (Wildman–Crippen MR) is 124 cm³/mol. The zero-order valence-corrected chi connectivity index (χ0v) is 18.8. The topological polar surface area (TPSA) is 149 Å². The number of aromatic amines is 1. The largest absolute Gasteiger partial charge is 0.395 e. The first-order valence-corrected chi connectivity index (χ1v) is 11.0. The molecule has 9 heteroatoms. The maximum Gasteiger partial charge on any atom is 0.240 e. The summed E-state index contributed by atoms with van der Waals surface area (Å²) in [5, 5.41) is 18.0. The number of nitrogens with one attached hydrogen (secondary N) is 4. The van der Waals surface area contributed by atoms with Crippen LogP contribution in [-0.4, -0.2) is 65.5 Å². The molecule has 2 heterocycles. The lowest BCUT2D eigenvalue weighted by Gasteiger charge is -2.22. The third-order valence-corrected chi connectivity index (χ3v) is 5.22. The van der Waals surface area contributed by atoms with Gasteiger partial charge < -0.3 is 36.6 Å². The first-order chi connectivity index (χ1) is 15.3. The number of hydrogen-bond donors (Lipinski definition) is 6. The fourth-order valence-corrected chi connectivity index (χ4v) is 3.40. The molecule has 1 aliphatic rings. The fraction of sp³-hybridized carbons (Fsp3) is 0.522. The van der Waals surface area contributed by atoms with Crippen molar-refractivity contribution in [3.05, 3.63) is 36.0 Å². The van der Waals surface area contributed by atoms with E-state index in [2.05, 4.69) is 20.9 Å². The first kappa shape index (κ1) is 25.5. The second-order valence-corrected chi connectivity index (χ2v) is 8.52. The van der Waals surface area contributed by atoms with E-state index in [0.717, 1.165) is 48.6 Å². The fourth-order valence-electron chi connectivity index (χ4n) is 3.40. The van der Waals surface area contributed by atoms with Gasteiger partial charge in [0, 0.05) is 30.1 Å². The Bertz CT molecular complexity index is 884. The number of hydrogen-bond acceptors (Lipinski definition) is 6. The Balaban J connectivity index is 0.000000258. The summed E-state index contributed by atoms with van der Waals surface area (Å²) in [6, 6.07) is 7.22. The summed E-state index contributed by atoms with van der Waals surface area (Å²) in [7, 11) is 0. The van der Waals surface area contributed by atoms with Crippen LogP contribution in [0.25, 0.3) is 10.9 Å². The monoisotopic (exact) mass is 445 g/mol. The molecule has 3 rings (SSSR count). The lowest BCUT2D eigenvalue weighted by atomic mass is 10.0. The van der Waals surface area contributed by atoms with Crippen LogP contribution in [0.3, 0.4) is 0 Å². The Hall–Kier alpha value is -2.75. The van der Waals surface area contributed by atoms with Crippen LogP contribution in [0.5, 0.6) is 0 Å². The molecule has 7 N–H and O–H groups in total. The van der Waals surface area contributed by atoms with Gasteiger partial charge in [-0.05, 0) is 44.9 Å². The second-order valence-electron chi connectivity index (χ2n) is 8.52. The Morgan fingerprint density at radius 2 is 2.06 bits per heavy atom. The smallest absolute Gasteiger partial charge is 0.240 e. The van der Waals surface area contributed by atoms with Crippen LogP contribution >= 0.6 is 0 Å². The summed E-state index contributed by atoms with van der Waals surface area (Å²) in [5.74, 6) is -0.321. The highest BCUT2D eigenvalue weighted by Gasteiger charge is 2.25. The first-order valence-electron chi connectivity index (χ1n) is 11.0. The number of para-hydroxylation sites is 1. The van der Waals surface area contributed by atoms with E-state index in [-0.39, 0.29) is 24.5 Å². The Labute approximate surface area is 188 Å². The number of amides is 2. The molecule has 176 valence electrons. The molecule has 0 bridgehead atoms. The highest BCUT2D eigenvalue weighted by Crippen LogP contribution is 2.19. The van der Waals surface area contributed by atoms with Crippen LogP contribution in [0, 0.1) is 0 Å².